The van der Waals surface area contributed by atoms with Gasteiger partial charge in [0, 0.05) is 13.0 Å². The van der Waals surface area contributed by atoms with Crippen LogP contribution in [0.3, 0.4) is 0 Å². The molecule has 0 aliphatic carbocycles. The Hall–Kier alpha value is -2.28. The molecule has 0 radical (unpaired) electrons. The number of amides is 1. The third-order valence-electron chi connectivity index (χ3n) is 3.59. The van der Waals surface area contributed by atoms with Crippen molar-refractivity contribution in [2.24, 2.45) is 5.41 Å². The minimum Gasteiger partial charge on any atom is -0.481 e. The topological polar surface area (TPSA) is 79.3 Å². The highest BCUT2D eigenvalue weighted by Crippen LogP contribution is 2.22. The molecule has 0 unspecified atom stereocenters. The molecule has 2 rings (SSSR count). The number of rotatable bonds is 6. The van der Waals surface area contributed by atoms with E-state index < -0.39 is 11.4 Å². The molecular weight excluding hydrogens is 331 g/mol. The van der Waals surface area contributed by atoms with Gasteiger partial charge in [0.2, 0.25) is 0 Å². The zero-order valence-corrected chi connectivity index (χ0v) is 14.5. The predicted molar refractivity (Wildman–Crippen MR) is 89.8 cm³/mol. The van der Waals surface area contributed by atoms with E-state index in [4.69, 9.17) is 5.11 Å². The summed E-state index contributed by atoms with van der Waals surface area (Å²) >= 11 is 1.26. The Bertz CT molecular complexity index is 754. The Morgan fingerprint density at radius 1 is 1.29 bits per heavy atom. The summed E-state index contributed by atoms with van der Waals surface area (Å²) in [6, 6.07) is 6.14. The summed E-state index contributed by atoms with van der Waals surface area (Å²) in [5, 5.41) is 12.5. The van der Waals surface area contributed by atoms with E-state index in [1.54, 1.807) is 32.9 Å². The number of nitrogens with zero attached hydrogens (tertiary/aromatic N) is 1. The highest BCUT2D eigenvalue weighted by atomic mass is 32.1. The Morgan fingerprint density at radius 3 is 2.50 bits per heavy atom. The summed E-state index contributed by atoms with van der Waals surface area (Å²) < 4.78 is 12.9. The number of hydrogen-bond acceptors (Lipinski definition) is 4. The van der Waals surface area contributed by atoms with E-state index in [1.165, 1.54) is 23.5 Å². The summed E-state index contributed by atoms with van der Waals surface area (Å²) in [5.41, 5.74) is 0.470. The molecule has 5 nitrogen and oxygen atoms in total. The first-order valence-electron chi connectivity index (χ1n) is 7.41. The molecule has 0 fully saturated rings. The van der Waals surface area contributed by atoms with Crippen LogP contribution in [0.2, 0.25) is 0 Å². The molecule has 0 atom stereocenters. The van der Waals surface area contributed by atoms with E-state index >= 15 is 0 Å². The van der Waals surface area contributed by atoms with Crippen molar-refractivity contribution in [3.8, 4) is 0 Å². The number of carbonyl (C=O) groups excluding carboxylic acids is 1. The lowest BCUT2D eigenvalue weighted by Gasteiger charge is -2.19. The van der Waals surface area contributed by atoms with Crippen molar-refractivity contribution in [2.45, 2.75) is 27.2 Å². The standard InChI is InChI=1S/C17H19FN2O3S/c1-10-14(15(21)19-9-17(2,3)16(22)23)24-13(20-10)8-11-4-6-12(18)7-5-11/h4-7H,8-9H2,1-3H3,(H,19,21)(H,22,23). The number of carbonyl (C=O) groups is 2. The number of halogens is 1. The van der Waals surface area contributed by atoms with Crippen molar-refractivity contribution < 1.29 is 19.1 Å². The first-order chi connectivity index (χ1) is 11.2. The highest BCUT2D eigenvalue weighted by Gasteiger charge is 2.28. The molecule has 7 heteroatoms. The number of carboxylic acids is 1. The second-order valence-electron chi connectivity index (χ2n) is 6.20. The molecule has 1 heterocycles. The molecule has 0 aliphatic rings. The third-order valence-corrected chi connectivity index (χ3v) is 4.74. The van der Waals surface area contributed by atoms with Crippen LogP contribution in [0, 0.1) is 18.2 Å². The fraction of sp³-hybridized carbons (Fsp3) is 0.353. The molecule has 0 spiro atoms. The molecule has 0 saturated carbocycles. The second-order valence-corrected chi connectivity index (χ2v) is 7.28. The first kappa shape index (κ1) is 18.1. The SMILES string of the molecule is Cc1nc(Cc2ccc(F)cc2)sc1C(=O)NCC(C)(C)C(=O)O. The molecule has 1 aromatic heterocycles. The Balaban J connectivity index is 2.06. The molecule has 1 amide bonds. The van der Waals surface area contributed by atoms with E-state index in [0.717, 1.165) is 10.6 Å². The van der Waals surface area contributed by atoms with Crippen molar-refractivity contribution in [1.82, 2.24) is 10.3 Å². The monoisotopic (exact) mass is 350 g/mol. The average Bonchev–Trinajstić information content (AvgIpc) is 2.88. The van der Waals surface area contributed by atoms with Crippen LogP contribution < -0.4 is 5.32 Å². The quantitative estimate of drug-likeness (QED) is 0.839. The van der Waals surface area contributed by atoms with Gasteiger partial charge in [-0.2, -0.15) is 0 Å². The summed E-state index contributed by atoms with van der Waals surface area (Å²) in [6.07, 6.45) is 0.514. The van der Waals surface area contributed by atoms with E-state index in [0.29, 0.717) is 17.0 Å². The fourth-order valence-electron chi connectivity index (χ4n) is 1.97. The van der Waals surface area contributed by atoms with Crippen LogP contribution in [0.1, 0.15) is 39.8 Å². The van der Waals surface area contributed by atoms with Gasteiger partial charge in [-0.05, 0) is 38.5 Å². The van der Waals surface area contributed by atoms with Crippen molar-refractivity contribution in [1.29, 1.82) is 0 Å². The number of aryl methyl sites for hydroxylation is 1. The maximum atomic E-state index is 12.9. The normalized spacial score (nSPS) is 11.3. The van der Waals surface area contributed by atoms with Crippen molar-refractivity contribution >= 4 is 23.2 Å². The van der Waals surface area contributed by atoms with E-state index in [-0.39, 0.29) is 18.3 Å². The van der Waals surface area contributed by atoms with Crippen LogP contribution in [0.5, 0.6) is 0 Å². The Kier molecular flexibility index (Phi) is 5.33. The molecule has 0 saturated heterocycles. The van der Waals surface area contributed by atoms with Gasteiger partial charge in [0.1, 0.15) is 10.7 Å². The van der Waals surface area contributed by atoms with Gasteiger partial charge in [-0.1, -0.05) is 12.1 Å². The summed E-state index contributed by atoms with van der Waals surface area (Å²) in [7, 11) is 0. The highest BCUT2D eigenvalue weighted by molar-refractivity contribution is 7.13. The van der Waals surface area contributed by atoms with Crippen molar-refractivity contribution in [2.75, 3.05) is 6.54 Å². The van der Waals surface area contributed by atoms with Crippen LogP contribution in [-0.2, 0) is 11.2 Å². The van der Waals surface area contributed by atoms with Crippen molar-refractivity contribution in [3.05, 3.63) is 51.2 Å². The maximum Gasteiger partial charge on any atom is 0.310 e. The fourth-order valence-corrected chi connectivity index (χ4v) is 2.99. The molecule has 2 aromatic rings. The minimum absolute atomic E-state index is 0.0335. The molecule has 1 aromatic carbocycles. The number of aromatic nitrogens is 1. The van der Waals surface area contributed by atoms with E-state index in [1.807, 2.05) is 0 Å². The number of benzene rings is 1. The van der Waals surface area contributed by atoms with Gasteiger partial charge < -0.3 is 10.4 Å². The number of carboxylic acid groups (broad SMARTS) is 1. The van der Waals surface area contributed by atoms with Crippen LogP contribution in [-0.4, -0.2) is 28.5 Å². The van der Waals surface area contributed by atoms with Crippen LogP contribution in [0.4, 0.5) is 4.39 Å². The van der Waals surface area contributed by atoms with Gasteiger partial charge in [0.25, 0.3) is 5.91 Å². The smallest absolute Gasteiger partial charge is 0.310 e. The molecule has 0 aliphatic heterocycles. The second kappa shape index (κ2) is 7.09. The summed E-state index contributed by atoms with van der Waals surface area (Å²) in [6.45, 7) is 4.87. The molecular formula is C17H19FN2O3S. The Labute approximate surface area is 143 Å². The maximum absolute atomic E-state index is 12.9. The lowest BCUT2D eigenvalue weighted by Crippen LogP contribution is -2.38. The van der Waals surface area contributed by atoms with E-state index in [9.17, 15) is 14.0 Å². The lowest BCUT2D eigenvalue weighted by atomic mass is 9.94. The zero-order chi connectivity index (χ0) is 17.9. The van der Waals surface area contributed by atoms with Gasteiger partial charge >= 0.3 is 5.97 Å². The lowest BCUT2D eigenvalue weighted by molar-refractivity contribution is -0.146. The summed E-state index contributed by atoms with van der Waals surface area (Å²) in [5.74, 6) is -1.60. The van der Waals surface area contributed by atoms with Gasteiger partial charge in [-0.3, -0.25) is 9.59 Å². The molecule has 128 valence electrons. The minimum atomic E-state index is -1.04. The number of thiazole rings is 1. The van der Waals surface area contributed by atoms with Crippen LogP contribution in [0.15, 0.2) is 24.3 Å². The van der Waals surface area contributed by atoms with Crippen LogP contribution in [0.25, 0.3) is 0 Å². The first-order valence-corrected chi connectivity index (χ1v) is 8.23. The number of hydrogen-bond donors (Lipinski definition) is 2. The van der Waals surface area contributed by atoms with Gasteiger partial charge in [0.05, 0.1) is 16.1 Å². The molecule has 24 heavy (non-hydrogen) atoms. The largest absolute Gasteiger partial charge is 0.481 e. The molecule has 0 bridgehead atoms. The Morgan fingerprint density at radius 2 is 1.92 bits per heavy atom. The molecule has 2 N–H and O–H groups in total. The predicted octanol–water partition coefficient (Wildman–Crippen LogP) is 3.02. The zero-order valence-electron chi connectivity index (χ0n) is 13.7. The number of nitrogens with one attached hydrogen (secondary N) is 1. The van der Waals surface area contributed by atoms with Crippen molar-refractivity contribution in [3.63, 3.8) is 0 Å². The van der Waals surface area contributed by atoms with E-state index in [2.05, 4.69) is 10.3 Å². The summed E-state index contributed by atoms with van der Waals surface area (Å²) in [4.78, 5) is 28.2. The van der Waals surface area contributed by atoms with Crippen LogP contribution >= 0.6 is 11.3 Å². The third kappa shape index (κ3) is 4.38. The number of aliphatic carboxylic acids is 1. The van der Waals surface area contributed by atoms with Gasteiger partial charge in [-0.25, -0.2) is 9.37 Å². The average molecular weight is 350 g/mol. The van der Waals surface area contributed by atoms with Gasteiger partial charge in [0.15, 0.2) is 0 Å². The van der Waals surface area contributed by atoms with Gasteiger partial charge in [-0.15, -0.1) is 11.3 Å².